The summed E-state index contributed by atoms with van der Waals surface area (Å²) < 4.78 is 12.4. The van der Waals surface area contributed by atoms with Crippen LogP contribution in [0.4, 0.5) is 0 Å². The van der Waals surface area contributed by atoms with Crippen molar-refractivity contribution >= 4 is 27.3 Å². The molecule has 0 aromatic carbocycles. The Kier molecular flexibility index (Phi) is 4.30. The zero-order valence-electron chi connectivity index (χ0n) is 12.2. The fraction of sp³-hybridized carbons (Fsp3) is 0.600. The van der Waals surface area contributed by atoms with Crippen molar-refractivity contribution in [2.45, 2.75) is 44.4 Å². The van der Waals surface area contributed by atoms with Crippen molar-refractivity contribution in [1.29, 1.82) is 0 Å². The average molecular weight is 384 g/mol. The molecule has 2 atom stereocenters. The van der Waals surface area contributed by atoms with Crippen LogP contribution in [0.2, 0.25) is 0 Å². The number of fused-ring (bicyclic) bond motifs is 1. The molecule has 0 bridgehead atoms. The van der Waals surface area contributed by atoms with E-state index in [2.05, 4.69) is 31.0 Å². The minimum Gasteiger partial charge on any atom is -0.375 e. The largest absolute Gasteiger partial charge is 0.375 e. The van der Waals surface area contributed by atoms with Crippen molar-refractivity contribution in [2.24, 2.45) is 0 Å². The zero-order valence-corrected chi connectivity index (χ0v) is 14.6. The van der Waals surface area contributed by atoms with Crippen LogP contribution in [0.1, 0.15) is 31.6 Å². The van der Waals surface area contributed by atoms with Gasteiger partial charge in [0, 0.05) is 22.4 Å². The lowest BCUT2D eigenvalue weighted by atomic mass is 9.90. The van der Waals surface area contributed by atoms with Crippen LogP contribution in [0.5, 0.6) is 0 Å². The molecule has 2 unspecified atom stereocenters. The molecule has 0 radical (unpaired) electrons. The van der Waals surface area contributed by atoms with Crippen molar-refractivity contribution in [3.8, 4) is 10.7 Å². The molecule has 1 saturated heterocycles. The molecule has 4 rings (SSSR count). The van der Waals surface area contributed by atoms with Crippen LogP contribution in [0.15, 0.2) is 20.4 Å². The third-order valence-corrected chi connectivity index (χ3v) is 6.13. The first-order valence-corrected chi connectivity index (χ1v) is 9.39. The van der Waals surface area contributed by atoms with Gasteiger partial charge in [-0.2, -0.15) is 4.98 Å². The van der Waals surface area contributed by atoms with Gasteiger partial charge < -0.3 is 9.26 Å². The molecular formula is C15H18BrN3O2S. The molecule has 2 aliphatic rings. The summed E-state index contributed by atoms with van der Waals surface area (Å²) in [4.78, 5) is 8.04. The lowest BCUT2D eigenvalue weighted by molar-refractivity contribution is -0.0933. The summed E-state index contributed by atoms with van der Waals surface area (Å²) in [7, 11) is 0. The molecule has 1 aliphatic heterocycles. The minimum atomic E-state index is 0.387. The third kappa shape index (κ3) is 2.99. The normalized spacial score (nSPS) is 26.0. The molecule has 1 aliphatic carbocycles. The molecule has 1 saturated carbocycles. The predicted molar refractivity (Wildman–Crippen MR) is 87.7 cm³/mol. The molecule has 2 aromatic rings. The van der Waals surface area contributed by atoms with Crippen LogP contribution in [0.3, 0.4) is 0 Å². The van der Waals surface area contributed by atoms with Gasteiger partial charge in [0.25, 0.3) is 0 Å². The Balaban J connectivity index is 1.47. The van der Waals surface area contributed by atoms with Gasteiger partial charge in [-0.15, -0.1) is 11.3 Å². The van der Waals surface area contributed by atoms with E-state index in [0.717, 1.165) is 29.0 Å². The fourth-order valence-electron chi connectivity index (χ4n) is 3.40. The van der Waals surface area contributed by atoms with Crippen LogP contribution in [0.25, 0.3) is 10.7 Å². The number of aromatic nitrogens is 2. The lowest BCUT2D eigenvalue weighted by Gasteiger charge is -2.43. The van der Waals surface area contributed by atoms with E-state index in [1.165, 1.54) is 25.7 Å². The maximum absolute atomic E-state index is 5.92. The SMILES string of the molecule is Brc1csc(-c2noc(CN3CCOC4CCCCC43)n2)c1. The zero-order chi connectivity index (χ0) is 14.9. The quantitative estimate of drug-likeness (QED) is 0.808. The molecule has 2 fully saturated rings. The molecule has 118 valence electrons. The molecule has 5 nitrogen and oxygen atoms in total. The summed E-state index contributed by atoms with van der Waals surface area (Å²) in [5.74, 6) is 1.38. The van der Waals surface area contributed by atoms with Crippen LogP contribution in [-0.4, -0.2) is 40.3 Å². The van der Waals surface area contributed by atoms with E-state index < -0.39 is 0 Å². The minimum absolute atomic E-state index is 0.387. The van der Waals surface area contributed by atoms with Gasteiger partial charge in [-0.3, -0.25) is 4.90 Å². The van der Waals surface area contributed by atoms with Crippen LogP contribution in [0, 0.1) is 0 Å². The second-order valence-electron chi connectivity index (χ2n) is 5.87. The average Bonchev–Trinajstić information content (AvgIpc) is 3.17. The van der Waals surface area contributed by atoms with Crippen molar-refractivity contribution < 1.29 is 9.26 Å². The van der Waals surface area contributed by atoms with Gasteiger partial charge in [-0.1, -0.05) is 18.0 Å². The molecule has 3 heterocycles. The van der Waals surface area contributed by atoms with E-state index in [1.54, 1.807) is 11.3 Å². The Morgan fingerprint density at radius 3 is 3.14 bits per heavy atom. The lowest BCUT2D eigenvalue weighted by Crippen LogP contribution is -2.52. The van der Waals surface area contributed by atoms with Gasteiger partial charge in [-0.05, 0) is 34.8 Å². The van der Waals surface area contributed by atoms with Gasteiger partial charge in [0.15, 0.2) is 0 Å². The number of morpholine rings is 1. The number of hydrogen-bond acceptors (Lipinski definition) is 6. The highest BCUT2D eigenvalue weighted by atomic mass is 79.9. The van der Waals surface area contributed by atoms with Crippen molar-refractivity contribution in [3.05, 3.63) is 21.8 Å². The monoisotopic (exact) mass is 383 g/mol. The van der Waals surface area contributed by atoms with E-state index in [4.69, 9.17) is 9.26 Å². The highest BCUT2D eigenvalue weighted by Crippen LogP contribution is 2.30. The van der Waals surface area contributed by atoms with Gasteiger partial charge in [-0.25, -0.2) is 0 Å². The molecular weight excluding hydrogens is 366 g/mol. The van der Waals surface area contributed by atoms with Crippen molar-refractivity contribution in [1.82, 2.24) is 15.0 Å². The van der Waals surface area contributed by atoms with Gasteiger partial charge in [0.2, 0.25) is 11.7 Å². The molecule has 0 N–H and O–H groups in total. The first-order chi connectivity index (χ1) is 10.8. The van der Waals surface area contributed by atoms with Crippen LogP contribution >= 0.6 is 27.3 Å². The highest BCUT2D eigenvalue weighted by Gasteiger charge is 2.34. The maximum atomic E-state index is 5.92. The summed E-state index contributed by atoms with van der Waals surface area (Å²) in [5.41, 5.74) is 0. The number of nitrogens with zero attached hydrogens (tertiary/aromatic N) is 3. The second kappa shape index (κ2) is 6.39. The van der Waals surface area contributed by atoms with Gasteiger partial charge in [0.1, 0.15) is 0 Å². The molecule has 7 heteroatoms. The van der Waals surface area contributed by atoms with Gasteiger partial charge in [0.05, 0.1) is 24.1 Å². The Hall–Kier alpha value is -0.760. The topological polar surface area (TPSA) is 51.4 Å². The number of thiophene rings is 1. The summed E-state index contributed by atoms with van der Waals surface area (Å²) in [6.45, 7) is 2.48. The van der Waals surface area contributed by atoms with Crippen LogP contribution in [-0.2, 0) is 11.3 Å². The highest BCUT2D eigenvalue weighted by molar-refractivity contribution is 9.10. The molecule has 22 heavy (non-hydrogen) atoms. The Morgan fingerprint density at radius 1 is 1.36 bits per heavy atom. The third-order valence-electron chi connectivity index (χ3n) is 4.44. The van der Waals surface area contributed by atoms with Crippen molar-refractivity contribution in [2.75, 3.05) is 13.2 Å². The first kappa shape index (κ1) is 14.8. The fourth-order valence-corrected chi connectivity index (χ4v) is 4.75. The van der Waals surface area contributed by atoms with E-state index in [9.17, 15) is 0 Å². The van der Waals surface area contributed by atoms with E-state index in [-0.39, 0.29) is 0 Å². The Labute approximate surface area is 141 Å². The Morgan fingerprint density at radius 2 is 2.27 bits per heavy atom. The molecule has 0 spiro atoms. The number of rotatable bonds is 3. The summed E-state index contributed by atoms with van der Waals surface area (Å²) >= 11 is 5.07. The summed E-state index contributed by atoms with van der Waals surface area (Å²) in [6, 6.07) is 2.53. The van der Waals surface area contributed by atoms with E-state index >= 15 is 0 Å². The molecule has 0 amide bonds. The summed E-state index contributed by atoms with van der Waals surface area (Å²) in [5, 5.41) is 6.14. The first-order valence-electron chi connectivity index (χ1n) is 7.72. The Bertz CT molecular complexity index is 642. The maximum Gasteiger partial charge on any atom is 0.241 e. The smallest absolute Gasteiger partial charge is 0.241 e. The van der Waals surface area contributed by atoms with E-state index in [0.29, 0.717) is 23.9 Å². The number of ether oxygens (including phenoxy) is 1. The second-order valence-corrected chi connectivity index (χ2v) is 7.70. The predicted octanol–water partition coefficient (Wildman–Crippen LogP) is 3.70. The van der Waals surface area contributed by atoms with E-state index in [1.807, 2.05) is 11.4 Å². The standard InChI is InChI=1S/C15H18BrN3O2S/c16-10-7-13(22-9-10)15-17-14(21-18-15)8-19-5-6-20-12-4-2-1-3-11(12)19/h7,9,11-12H,1-6,8H2. The molecule has 2 aromatic heterocycles. The van der Waals surface area contributed by atoms with Crippen molar-refractivity contribution in [3.63, 3.8) is 0 Å². The number of hydrogen-bond donors (Lipinski definition) is 0. The summed E-state index contributed by atoms with van der Waals surface area (Å²) in [6.07, 6.45) is 5.35. The van der Waals surface area contributed by atoms with Crippen LogP contribution < -0.4 is 0 Å². The van der Waals surface area contributed by atoms with Gasteiger partial charge >= 0.3 is 0 Å². The number of halogens is 1.